The lowest BCUT2D eigenvalue weighted by Gasteiger charge is -2.20. The van der Waals surface area contributed by atoms with Crippen molar-refractivity contribution in [2.45, 2.75) is 38.0 Å². The van der Waals surface area contributed by atoms with E-state index in [0.29, 0.717) is 6.61 Å². The van der Waals surface area contributed by atoms with Crippen molar-refractivity contribution in [3.05, 3.63) is 12.2 Å². The van der Waals surface area contributed by atoms with Gasteiger partial charge in [-0.3, -0.25) is 0 Å². The highest BCUT2D eigenvalue weighted by Gasteiger charge is 2.34. The molecule has 0 radical (unpaired) electrons. The average molecular weight is 191 g/mol. The molecule has 1 saturated heterocycles. The van der Waals surface area contributed by atoms with E-state index >= 15 is 0 Å². The fourth-order valence-electron chi connectivity index (χ4n) is 1.15. The van der Waals surface area contributed by atoms with Gasteiger partial charge in [-0.25, -0.2) is 0 Å². The van der Waals surface area contributed by atoms with Crippen LogP contribution in [0.25, 0.3) is 0 Å². The average Bonchev–Trinajstić information content (AvgIpc) is 2.32. The zero-order chi connectivity index (χ0) is 9.03. The van der Waals surface area contributed by atoms with Crippen LogP contribution < -0.4 is 0 Å². The number of rotatable bonds is 3. The summed E-state index contributed by atoms with van der Waals surface area (Å²) in [4.78, 5) is 0. The molecular formula is C9H15ClO2. The van der Waals surface area contributed by atoms with Crippen LogP contribution in [0.15, 0.2) is 12.2 Å². The second-order valence-electron chi connectivity index (χ2n) is 3.06. The highest BCUT2D eigenvalue weighted by molar-refractivity contribution is 6.19. The summed E-state index contributed by atoms with van der Waals surface area (Å²) < 4.78 is 10.8. The number of hydrogen-bond acceptors (Lipinski definition) is 2. The number of alkyl halides is 1. The lowest BCUT2D eigenvalue weighted by atomic mass is 10.2. The largest absolute Gasteiger partial charge is 0.346 e. The van der Waals surface area contributed by atoms with Crippen LogP contribution in [0, 0.1) is 0 Å². The molecule has 0 bridgehead atoms. The van der Waals surface area contributed by atoms with Gasteiger partial charge in [0.15, 0.2) is 11.4 Å². The molecule has 3 heteroatoms. The Morgan fingerprint density at radius 1 is 1.58 bits per heavy atom. The summed E-state index contributed by atoms with van der Waals surface area (Å²) in [7, 11) is 0. The topological polar surface area (TPSA) is 18.5 Å². The third kappa shape index (κ3) is 2.77. The van der Waals surface area contributed by atoms with E-state index < -0.39 is 5.79 Å². The zero-order valence-corrected chi connectivity index (χ0v) is 8.30. The van der Waals surface area contributed by atoms with E-state index in [-0.39, 0.29) is 5.56 Å². The lowest BCUT2D eigenvalue weighted by Crippen LogP contribution is -2.24. The molecule has 0 aromatic heterocycles. The van der Waals surface area contributed by atoms with Gasteiger partial charge in [0.2, 0.25) is 0 Å². The maximum Gasteiger partial charge on any atom is 0.171 e. The van der Waals surface area contributed by atoms with Gasteiger partial charge in [0, 0.05) is 6.42 Å². The van der Waals surface area contributed by atoms with Crippen molar-refractivity contribution >= 4 is 11.6 Å². The molecule has 1 aliphatic heterocycles. The van der Waals surface area contributed by atoms with Crippen LogP contribution in [0.4, 0.5) is 0 Å². The summed E-state index contributed by atoms with van der Waals surface area (Å²) >= 11 is 5.74. The van der Waals surface area contributed by atoms with Crippen molar-refractivity contribution in [1.29, 1.82) is 0 Å². The molecule has 1 aliphatic rings. The van der Waals surface area contributed by atoms with Gasteiger partial charge in [-0.1, -0.05) is 30.7 Å². The molecule has 2 unspecified atom stereocenters. The summed E-state index contributed by atoms with van der Waals surface area (Å²) in [6.45, 7) is 4.49. The first kappa shape index (κ1) is 10.0. The summed E-state index contributed by atoms with van der Waals surface area (Å²) in [6.07, 6.45) is 5.97. The van der Waals surface area contributed by atoms with Crippen LogP contribution in [0.1, 0.15) is 26.7 Å². The monoisotopic (exact) mass is 190 g/mol. The van der Waals surface area contributed by atoms with Gasteiger partial charge in [-0.2, -0.15) is 0 Å². The zero-order valence-electron chi connectivity index (χ0n) is 7.55. The van der Waals surface area contributed by atoms with Crippen molar-refractivity contribution in [3.8, 4) is 0 Å². The van der Waals surface area contributed by atoms with Gasteiger partial charge in [0.1, 0.15) is 0 Å². The molecule has 0 aromatic carbocycles. The first-order valence-electron chi connectivity index (χ1n) is 4.27. The second-order valence-corrected chi connectivity index (χ2v) is 3.54. The third-order valence-corrected chi connectivity index (χ3v) is 2.00. The summed E-state index contributed by atoms with van der Waals surface area (Å²) in [5, 5.41) is 0. The standard InChI is InChI=1S/C9H15ClO2/c1-3-4-5-6-9(2)11-7-8(10)12-9/h4-5,8H,3,6-7H2,1-2H3/b5-4-. The van der Waals surface area contributed by atoms with Crippen molar-refractivity contribution in [2.75, 3.05) is 6.61 Å². The molecule has 2 nitrogen and oxygen atoms in total. The number of hydrogen-bond donors (Lipinski definition) is 0. The van der Waals surface area contributed by atoms with E-state index in [1.165, 1.54) is 0 Å². The molecule has 1 rings (SSSR count). The van der Waals surface area contributed by atoms with Gasteiger partial charge in [0.05, 0.1) is 6.61 Å². The summed E-state index contributed by atoms with van der Waals surface area (Å²) in [5.41, 5.74) is -0.287. The number of ether oxygens (including phenoxy) is 2. The van der Waals surface area contributed by atoms with Gasteiger partial charge >= 0.3 is 0 Å². The Kier molecular flexibility index (Phi) is 3.56. The maximum atomic E-state index is 5.74. The Bertz CT molecular complexity index is 170. The van der Waals surface area contributed by atoms with Gasteiger partial charge in [-0.15, -0.1) is 0 Å². The lowest BCUT2D eigenvalue weighted by molar-refractivity contribution is -0.142. The van der Waals surface area contributed by atoms with E-state index in [0.717, 1.165) is 12.8 Å². The quantitative estimate of drug-likeness (QED) is 0.503. The number of halogens is 1. The minimum absolute atomic E-state index is 0.287. The van der Waals surface area contributed by atoms with E-state index in [4.69, 9.17) is 21.1 Å². The highest BCUT2D eigenvalue weighted by atomic mass is 35.5. The molecule has 0 amide bonds. The molecule has 0 aromatic rings. The van der Waals surface area contributed by atoms with Crippen LogP contribution in [0.2, 0.25) is 0 Å². The van der Waals surface area contributed by atoms with Crippen molar-refractivity contribution in [2.24, 2.45) is 0 Å². The summed E-state index contributed by atoms with van der Waals surface area (Å²) in [6, 6.07) is 0. The maximum absolute atomic E-state index is 5.74. The molecule has 0 aliphatic carbocycles. The smallest absolute Gasteiger partial charge is 0.171 e. The Morgan fingerprint density at radius 2 is 2.33 bits per heavy atom. The molecular weight excluding hydrogens is 176 g/mol. The third-order valence-electron chi connectivity index (χ3n) is 1.79. The first-order chi connectivity index (χ1) is 5.66. The first-order valence-corrected chi connectivity index (χ1v) is 4.71. The predicted molar refractivity (Wildman–Crippen MR) is 49.1 cm³/mol. The molecule has 12 heavy (non-hydrogen) atoms. The summed E-state index contributed by atoms with van der Waals surface area (Å²) in [5.74, 6) is -0.502. The number of allylic oxidation sites excluding steroid dienone is 1. The fourth-order valence-corrected chi connectivity index (χ4v) is 1.40. The van der Waals surface area contributed by atoms with Crippen molar-refractivity contribution in [3.63, 3.8) is 0 Å². The highest BCUT2D eigenvalue weighted by Crippen LogP contribution is 2.28. The van der Waals surface area contributed by atoms with Crippen molar-refractivity contribution in [1.82, 2.24) is 0 Å². The Balaban J connectivity index is 2.35. The Labute approximate surface area is 78.5 Å². The van der Waals surface area contributed by atoms with Gasteiger partial charge < -0.3 is 9.47 Å². The SMILES string of the molecule is CC/C=C\CC1(C)OCC(Cl)O1. The fraction of sp³-hybridized carbons (Fsp3) is 0.778. The Hall–Kier alpha value is -0.0500. The minimum Gasteiger partial charge on any atom is -0.346 e. The van der Waals surface area contributed by atoms with Crippen LogP contribution >= 0.6 is 11.6 Å². The van der Waals surface area contributed by atoms with Crippen LogP contribution in [0.5, 0.6) is 0 Å². The molecule has 70 valence electrons. The van der Waals surface area contributed by atoms with Crippen molar-refractivity contribution < 1.29 is 9.47 Å². The van der Waals surface area contributed by atoms with E-state index in [1.54, 1.807) is 0 Å². The van der Waals surface area contributed by atoms with Crippen LogP contribution in [0.3, 0.4) is 0 Å². The molecule has 0 N–H and O–H groups in total. The molecule has 0 spiro atoms. The molecule has 1 heterocycles. The normalized spacial score (nSPS) is 36.4. The molecule has 1 fully saturated rings. The van der Waals surface area contributed by atoms with E-state index in [9.17, 15) is 0 Å². The molecule has 0 saturated carbocycles. The van der Waals surface area contributed by atoms with Crippen LogP contribution in [-0.2, 0) is 9.47 Å². The second kappa shape index (κ2) is 4.26. The Morgan fingerprint density at radius 3 is 2.83 bits per heavy atom. The van der Waals surface area contributed by atoms with Crippen LogP contribution in [-0.4, -0.2) is 18.0 Å². The van der Waals surface area contributed by atoms with E-state index in [2.05, 4.69) is 19.1 Å². The van der Waals surface area contributed by atoms with Gasteiger partial charge in [0.25, 0.3) is 0 Å². The minimum atomic E-state index is -0.502. The predicted octanol–water partition coefficient (Wildman–Crippen LogP) is 2.67. The van der Waals surface area contributed by atoms with E-state index in [1.807, 2.05) is 6.92 Å². The van der Waals surface area contributed by atoms with Gasteiger partial charge in [-0.05, 0) is 13.3 Å². The molecule has 2 atom stereocenters.